The maximum absolute atomic E-state index is 11.9. The van der Waals surface area contributed by atoms with Gasteiger partial charge in [0.15, 0.2) is 0 Å². The maximum atomic E-state index is 11.9. The van der Waals surface area contributed by atoms with Crippen LogP contribution in [0.3, 0.4) is 0 Å². The van der Waals surface area contributed by atoms with Gasteiger partial charge in [0.1, 0.15) is 0 Å². The SMILES string of the molecule is COC(=O)c1c(N)cccc1CN1CCCC(C)(C)CC1. The molecule has 0 amide bonds. The van der Waals surface area contributed by atoms with E-state index in [2.05, 4.69) is 18.7 Å². The van der Waals surface area contributed by atoms with Crippen LogP contribution in [0.1, 0.15) is 49.0 Å². The summed E-state index contributed by atoms with van der Waals surface area (Å²) in [6.07, 6.45) is 3.63. The minimum absolute atomic E-state index is 0.349. The highest BCUT2D eigenvalue weighted by molar-refractivity contribution is 5.96. The van der Waals surface area contributed by atoms with Crippen molar-refractivity contribution >= 4 is 11.7 Å². The molecule has 1 heterocycles. The second kappa shape index (κ2) is 6.48. The number of nitrogen functional groups attached to an aromatic ring is 1. The first-order chi connectivity index (χ1) is 9.93. The van der Waals surface area contributed by atoms with E-state index in [0.717, 1.165) is 25.2 Å². The van der Waals surface area contributed by atoms with Gasteiger partial charge in [-0.15, -0.1) is 0 Å². The second-order valence-electron chi connectivity index (χ2n) is 6.67. The summed E-state index contributed by atoms with van der Waals surface area (Å²) in [7, 11) is 1.40. The van der Waals surface area contributed by atoms with Crippen LogP contribution < -0.4 is 5.73 Å². The summed E-state index contributed by atoms with van der Waals surface area (Å²) in [5.41, 5.74) is 8.34. The van der Waals surface area contributed by atoms with Gasteiger partial charge in [-0.2, -0.15) is 0 Å². The zero-order chi connectivity index (χ0) is 15.5. The Balaban J connectivity index is 2.16. The molecule has 1 aromatic carbocycles. The lowest BCUT2D eigenvalue weighted by molar-refractivity contribution is 0.0599. The Morgan fingerprint density at radius 2 is 2.10 bits per heavy atom. The Morgan fingerprint density at radius 3 is 2.81 bits per heavy atom. The minimum Gasteiger partial charge on any atom is -0.465 e. The van der Waals surface area contributed by atoms with Crippen molar-refractivity contribution < 1.29 is 9.53 Å². The van der Waals surface area contributed by atoms with Crippen molar-refractivity contribution in [1.82, 2.24) is 4.90 Å². The van der Waals surface area contributed by atoms with Crippen LogP contribution in [0.25, 0.3) is 0 Å². The highest BCUT2D eigenvalue weighted by Crippen LogP contribution is 2.30. The smallest absolute Gasteiger partial charge is 0.340 e. The highest BCUT2D eigenvalue weighted by Gasteiger charge is 2.24. The van der Waals surface area contributed by atoms with Gasteiger partial charge in [-0.3, -0.25) is 4.90 Å². The number of likely N-dealkylation sites (tertiary alicyclic amines) is 1. The first-order valence-corrected chi connectivity index (χ1v) is 7.61. The van der Waals surface area contributed by atoms with Crippen LogP contribution in [0.15, 0.2) is 18.2 Å². The first kappa shape index (κ1) is 15.8. The van der Waals surface area contributed by atoms with E-state index in [1.807, 2.05) is 12.1 Å². The lowest BCUT2D eigenvalue weighted by Crippen LogP contribution is -2.26. The van der Waals surface area contributed by atoms with Gasteiger partial charge in [-0.25, -0.2) is 4.79 Å². The Hall–Kier alpha value is -1.55. The molecule has 0 aromatic heterocycles. The third kappa shape index (κ3) is 3.97. The number of nitrogens with two attached hydrogens (primary N) is 1. The molecule has 2 N–H and O–H groups in total. The summed E-state index contributed by atoms with van der Waals surface area (Å²) < 4.78 is 4.87. The molecule has 0 unspecified atom stereocenters. The van der Waals surface area contributed by atoms with Crippen LogP contribution in [-0.2, 0) is 11.3 Å². The predicted octanol–water partition coefficient (Wildman–Crippen LogP) is 3.07. The van der Waals surface area contributed by atoms with Crippen molar-refractivity contribution in [3.8, 4) is 0 Å². The molecule has 0 radical (unpaired) electrons. The van der Waals surface area contributed by atoms with Gasteiger partial charge in [-0.05, 0) is 49.4 Å². The number of rotatable bonds is 3. The number of nitrogens with zero attached hydrogens (tertiary/aromatic N) is 1. The fourth-order valence-electron chi connectivity index (χ4n) is 2.98. The molecule has 1 aliphatic heterocycles. The molecular formula is C17H26N2O2. The number of ether oxygens (including phenoxy) is 1. The quantitative estimate of drug-likeness (QED) is 0.686. The molecule has 2 rings (SSSR count). The fraction of sp³-hybridized carbons (Fsp3) is 0.588. The van der Waals surface area contributed by atoms with Gasteiger partial charge >= 0.3 is 5.97 Å². The van der Waals surface area contributed by atoms with Gasteiger partial charge in [0.2, 0.25) is 0 Å². The number of esters is 1. The lowest BCUT2D eigenvalue weighted by atomic mass is 9.85. The maximum Gasteiger partial charge on any atom is 0.340 e. The molecule has 1 aliphatic rings. The number of methoxy groups -OCH3 is 1. The molecular weight excluding hydrogens is 264 g/mol. The average molecular weight is 290 g/mol. The Morgan fingerprint density at radius 1 is 1.33 bits per heavy atom. The van der Waals surface area contributed by atoms with Gasteiger partial charge < -0.3 is 10.5 Å². The summed E-state index contributed by atoms with van der Waals surface area (Å²) in [6, 6.07) is 5.62. The lowest BCUT2D eigenvalue weighted by Gasteiger charge is -2.24. The minimum atomic E-state index is -0.349. The first-order valence-electron chi connectivity index (χ1n) is 7.61. The van der Waals surface area contributed by atoms with Crippen LogP contribution in [0.5, 0.6) is 0 Å². The van der Waals surface area contributed by atoms with E-state index in [0.29, 0.717) is 16.7 Å². The van der Waals surface area contributed by atoms with Crippen LogP contribution in [-0.4, -0.2) is 31.1 Å². The normalized spacial score (nSPS) is 19.0. The predicted molar refractivity (Wildman–Crippen MR) is 85.1 cm³/mol. The number of hydrogen-bond acceptors (Lipinski definition) is 4. The molecule has 0 saturated carbocycles. The van der Waals surface area contributed by atoms with E-state index < -0.39 is 0 Å². The molecule has 1 aromatic rings. The monoisotopic (exact) mass is 290 g/mol. The molecule has 4 nitrogen and oxygen atoms in total. The summed E-state index contributed by atoms with van der Waals surface area (Å²) in [4.78, 5) is 14.4. The summed E-state index contributed by atoms with van der Waals surface area (Å²) >= 11 is 0. The molecule has 4 heteroatoms. The summed E-state index contributed by atoms with van der Waals surface area (Å²) in [5.74, 6) is -0.349. The van der Waals surface area contributed by atoms with Crippen molar-refractivity contribution in [2.24, 2.45) is 5.41 Å². The molecule has 0 bridgehead atoms. The zero-order valence-electron chi connectivity index (χ0n) is 13.3. The number of anilines is 1. The van der Waals surface area contributed by atoms with Crippen molar-refractivity contribution in [1.29, 1.82) is 0 Å². The van der Waals surface area contributed by atoms with Crippen LogP contribution in [0, 0.1) is 5.41 Å². The largest absolute Gasteiger partial charge is 0.465 e. The van der Waals surface area contributed by atoms with Gasteiger partial charge in [0.25, 0.3) is 0 Å². The van der Waals surface area contributed by atoms with Crippen LogP contribution in [0.2, 0.25) is 0 Å². The highest BCUT2D eigenvalue weighted by atomic mass is 16.5. The number of benzene rings is 1. The van der Waals surface area contributed by atoms with Crippen molar-refractivity contribution in [3.05, 3.63) is 29.3 Å². The molecule has 1 saturated heterocycles. The molecule has 0 atom stereocenters. The number of carbonyl (C=O) groups is 1. The Labute approximate surface area is 127 Å². The average Bonchev–Trinajstić information content (AvgIpc) is 2.60. The second-order valence-corrected chi connectivity index (χ2v) is 6.67. The Kier molecular flexibility index (Phi) is 4.88. The molecule has 116 valence electrons. The standard InChI is InChI=1S/C17H26N2O2/c1-17(2)8-5-10-19(11-9-17)12-13-6-4-7-14(18)15(13)16(20)21-3/h4,6-7H,5,8-12,18H2,1-3H3. The van der Waals surface area contributed by atoms with Crippen molar-refractivity contribution in [2.75, 3.05) is 25.9 Å². The number of hydrogen-bond donors (Lipinski definition) is 1. The van der Waals surface area contributed by atoms with E-state index in [1.54, 1.807) is 6.07 Å². The van der Waals surface area contributed by atoms with Gasteiger partial charge in [0, 0.05) is 12.2 Å². The zero-order valence-corrected chi connectivity index (χ0v) is 13.3. The molecule has 0 aliphatic carbocycles. The van der Waals surface area contributed by atoms with Crippen LogP contribution >= 0.6 is 0 Å². The van der Waals surface area contributed by atoms with Gasteiger partial charge in [-0.1, -0.05) is 26.0 Å². The van der Waals surface area contributed by atoms with Gasteiger partial charge in [0.05, 0.1) is 12.7 Å². The van der Waals surface area contributed by atoms with E-state index in [4.69, 9.17) is 10.5 Å². The Bertz CT molecular complexity index is 512. The van der Waals surface area contributed by atoms with E-state index in [9.17, 15) is 4.79 Å². The van der Waals surface area contributed by atoms with Crippen LogP contribution in [0.4, 0.5) is 5.69 Å². The van der Waals surface area contributed by atoms with E-state index >= 15 is 0 Å². The third-order valence-electron chi connectivity index (χ3n) is 4.40. The fourth-order valence-corrected chi connectivity index (χ4v) is 2.98. The number of carbonyl (C=O) groups excluding carboxylic acids is 1. The van der Waals surface area contributed by atoms with E-state index in [1.165, 1.54) is 26.4 Å². The van der Waals surface area contributed by atoms with Crippen molar-refractivity contribution in [2.45, 2.75) is 39.7 Å². The molecule has 0 spiro atoms. The molecule has 21 heavy (non-hydrogen) atoms. The summed E-state index contributed by atoms with van der Waals surface area (Å²) in [6.45, 7) is 7.54. The van der Waals surface area contributed by atoms with Crippen molar-refractivity contribution in [3.63, 3.8) is 0 Å². The molecule has 1 fully saturated rings. The topological polar surface area (TPSA) is 55.6 Å². The van der Waals surface area contributed by atoms with E-state index in [-0.39, 0.29) is 5.97 Å². The third-order valence-corrected chi connectivity index (χ3v) is 4.40. The summed E-state index contributed by atoms with van der Waals surface area (Å²) in [5, 5.41) is 0.